The number of carbonyl (C=O) groups excluding carboxylic acids is 1. The van der Waals surface area contributed by atoms with Crippen LogP contribution in [0.15, 0.2) is 6.07 Å². The van der Waals surface area contributed by atoms with E-state index in [2.05, 4.69) is 15.4 Å². The van der Waals surface area contributed by atoms with Gasteiger partial charge in [0.05, 0.1) is 6.54 Å². The van der Waals surface area contributed by atoms with E-state index in [9.17, 15) is 4.79 Å². The predicted octanol–water partition coefficient (Wildman–Crippen LogP) is 0.874. The second-order valence-electron chi connectivity index (χ2n) is 5.92. The van der Waals surface area contributed by atoms with Crippen LogP contribution in [0.1, 0.15) is 50.3 Å². The molecule has 1 amide bonds. The molecule has 0 unspecified atom stereocenters. The van der Waals surface area contributed by atoms with Crippen LogP contribution >= 0.6 is 0 Å². The van der Waals surface area contributed by atoms with Crippen molar-refractivity contribution in [3.05, 3.63) is 11.9 Å². The van der Waals surface area contributed by atoms with Crippen LogP contribution in [-0.4, -0.2) is 28.5 Å². The van der Waals surface area contributed by atoms with Crippen molar-refractivity contribution in [2.45, 2.75) is 50.5 Å². The van der Waals surface area contributed by atoms with Crippen molar-refractivity contribution in [2.75, 3.05) is 16.9 Å². The van der Waals surface area contributed by atoms with Gasteiger partial charge < -0.3 is 16.1 Å². The van der Waals surface area contributed by atoms with Crippen LogP contribution in [0.25, 0.3) is 0 Å². The first kappa shape index (κ1) is 14.1. The molecule has 0 atom stereocenters. The molecule has 7 heteroatoms. The largest absolute Gasteiger partial charge is 0.368 e. The van der Waals surface area contributed by atoms with Gasteiger partial charge in [0.15, 0.2) is 0 Å². The molecule has 1 aromatic rings. The SMILES string of the molecule is NNc1cc(N(CC(N)=O)C2CCCC2)nc(C2CC2)n1. The molecule has 3 rings (SSSR count). The summed E-state index contributed by atoms with van der Waals surface area (Å²) < 4.78 is 0. The summed E-state index contributed by atoms with van der Waals surface area (Å²) in [5.41, 5.74) is 8.01. The lowest BCUT2D eigenvalue weighted by Crippen LogP contribution is -2.41. The molecule has 7 nitrogen and oxygen atoms in total. The number of nitrogens with zero attached hydrogens (tertiary/aromatic N) is 3. The number of nitrogens with one attached hydrogen (secondary N) is 1. The summed E-state index contributed by atoms with van der Waals surface area (Å²) in [5.74, 6) is 7.76. The first-order chi connectivity index (χ1) is 10.2. The van der Waals surface area contributed by atoms with E-state index in [0.29, 0.717) is 17.8 Å². The number of rotatable bonds is 6. The molecule has 1 heterocycles. The average molecular weight is 290 g/mol. The van der Waals surface area contributed by atoms with Gasteiger partial charge in [-0.25, -0.2) is 15.8 Å². The second kappa shape index (κ2) is 5.85. The fourth-order valence-electron chi connectivity index (χ4n) is 2.98. The monoisotopic (exact) mass is 290 g/mol. The van der Waals surface area contributed by atoms with Gasteiger partial charge in [0.25, 0.3) is 0 Å². The molecule has 2 fully saturated rings. The molecule has 21 heavy (non-hydrogen) atoms. The maximum Gasteiger partial charge on any atom is 0.237 e. The van der Waals surface area contributed by atoms with Gasteiger partial charge in [-0.1, -0.05) is 12.8 Å². The lowest BCUT2D eigenvalue weighted by atomic mass is 10.2. The Balaban J connectivity index is 1.92. The first-order valence-corrected chi connectivity index (χ1v) is 7.58. The molecule has 2 saturated carbocycles. The smallest absolute Gasteiger partial charge is 0.237 e. The highest BCUT2D eigenvalue weighted by Gasteiger charge is 2.30. The van der Waals surface area contributed by atoms with Gasteiger partial charge in [-0.2, -0.15) is 0 Å². The Morgan fingerprint density at radius 3 is 2.57 bits per heavy atom. The summed E-state index contributed by atoms with van der Waals surface area (Å²) in [4.78, 5) is 22.5. The molecule has 0 bridgehead atoms. The van der Waals surface area contributed by atoms with Gasteiger partial charge in [-0.05, 0) is 25.7 Å². The number of amides is 1. The van der Waals surface area contributed by atoms with Crippen LogP contribution in [0.2, 0.25) is 0 Å². The van der Waals surface area contributed by atoms with Crippen LogP contribution in [0.5, 0.6) is 0 Å². The minimum Gasteiger partial charge on any atom is -0.368 e. The normalized spacial score (nSPS) is 18.7. The molecular weight excluding hydrogens is 268 g/mol. The van der Waals surface area contributed by atoms with Crippen molar-refractivity contribution in [1.82, 2.24) is 9.97 Å². The number of hydrogen-bond acceptors (Lipinski definition) is 6. The van der Waals surface area contributed by atoms with Crippen molar-refractivity contribution in [3.8, 4) is 0 Å². The van der Waals surface area contributed by atoms with E-state index < -0.39 is 0 Å². The van der Waals surface area contributed by atoms with Gasteiger partial charge in [0.1, 0.15) is 17.5 Å². The molecule has 0 aliphatic heterocycles. The topological polar surface area (TPSA) is 110 Å². The van der Waals surface area contributed by atoms with Gasteiger partial charge >= 0.3 is 0 Å². The first-order valence-electron chi connectivity index (χ1n) is 7.58. The average Bonchev–Trinajstić information content (AvgIpc) is 3.20. The molecule has 2 aliphatic carbocycles. The highest BCUT2D eigenvalue weighted by molar-refractivity contribution is 5.79. The molecular formula is C14H22N6O. The van der Waals surface area contributed by atoms with Crippen molar-refractivity contribution < 1.29 is 4.79 Å². The summed E-state index contributed by atoms with van der Waals surface area (Å²) in [6.45, 7) is 0.190. The van der Waals surface area contributed by atoms with Gasteiger partial charge in [-0.3, -0.25) is 4.79 Å². The molecule has 0 spiro atoms. The predicted molar refractivity (Wildman–Crippen MR) is 80.6 cm³/mol. The molecule has 1 aromatic heterocycles. The fraction of sp³-hybridized carbons (Fsp3) is 0.643. The fourth-order valence-corrected chi connectivity index (χ4v) is 2.98. The number of carbonyl (C=O) groups is 1. The number of hydrazine groups is 1. The van der Waals surface area contributed by atoms with E-state index in [-0.39, 0.29) is 12.5 Å². The molecule has 114 valence electrons. The van der Waals surface area contributed by atoms with Gasteiger partial charge in [-0.15, -0.1) is 0 Å². The summed E-state index contributed by atoms with van der Waals surface area (Å²) >= 11 is 0. The summed E-state index contributed by atoms with van der Waals surface area (Å²) in [6, 6.07) is 2.12. The van der Waals surface area contributed by atoms with E-state index in [1.807, 2.05) is 4.90 Å². The standard InChI is InChI=1S/C14H22N6O/c15-11(21)8-20(10-3-1-2-4-10)13-7-12(19-16)17-14(18-13)9-5-6-9/h7,9-10H,1-6,8,16H2,(H2,15,21)(H,17,18,19). The Morgan fingerprint density at radius 2 is 2.00 bits per heavy atom. The van der Waals surface area contributed by atoms with Crippen molar-refractivity contribution in [3.63, 3.8) is 0 Å². The zero-order chi connectivity index (χ0) is 14.8. The van der Waals surface area contributed by atoms with Crippen molar-refractivity contribution >= 4 is 17.5 Å². The second-order valence-corrected chi connectivity index (χ2v) is 5.92. The highest BCUT2D eigenvalue weighted by atomic mass is 16.1. The van der Waals surface area contributed by atoms with Crippen LogP contribution < -0.4 is 21.9 Å². The molecule has 2 aliphatic rings. The summed E-state index contributed by atoms with van der Waals surface area (Å²) in [6.07, 6.45) is 6.74. The van der Waals surface area contributed by atoms with Crippen molar-refractivity contribution in [2.24, 2.45) is 11.6 Å². The third-order valence-electron chi connectivity index (χ3n) is 4.21. The van der Waals surface area contributed by atoms with E-state index in [4.69, 9.17) is 11.6 Å². The van der Waals surface area contributed by atoms with E-state index in [1.54, 1.807) is 6.07 Å². The molecule has 0 aromatic carbocycles. The zero-order valence-electron chi connectivity index (χ0n) is 12.1. The highest BCUT2D eigenvalue weighted by Crippen LogP contribution is 2.39. The minimum atomic E-state index is -0.337. The zero-order valence-corrected chi connectivity index (χ0v) is 12.1. The Labute approximate surface area is 124 Å². The van der Waals surface area contributed by atoms with Crippen LogP contribution in [-0.2, 0) is 4.79 Å². The van der Waals surface area contributed by atoms with Crippen LogP contribution in [0.4, 0.5) is 11.6 Å². The number of nitrogen functional groups attached to an aromatic ring is 1. The number of hydrogen-bond donors (Lipinski definition) is 3. The van der Waals surface area contributed by atoms with Crippen LogP contribution in [0.3, 0.4) is 0 Å². The number of primary amides is 1. The Bertz CT molecular complexity index is 524. The maximum absolute atomic E-state index is 11.4. The Morgan fingerprint density at radius 1 is 1.29 bits per heavy atom. The van der Waals surface area contributed by atoms with Crippen LogP contribution in [0, 0.1) is 0 Å². The van der Waals surface area contributed by atoms with Gasteiger partial charge in [0.2, 0.25) is 5.91 Å². The quantitative estimate of drug-likeness (QED) is 0.530. The van der Waals surface area contributed by atoms with E-state index >= 15 is 0 Å². The third kappa shape index (κ3) is 3.24. The molecule has 0 saturated heterocycles. The third-order valence-corrected chi connectivity index (χ3v) is 4.21. The Hall–Kier alpha value is -1.89. The van der Waals surface area contributed by atoms with Gasteiger partial charge in [0, 0.05) is 18.0 Å². The summed E-state index contributed by atoms with van der Waals surface area (Å²) in [5, 5.41) is 0. The minimum absolute atomic E-state index is 0.190. The van der Waals surface area contributed by atoms with E-state index in [1.165, 1.54) is 12.8 Å². The number of anilines is 2. The van der Waals surface area contributed by atoms with Crippen molar-refractivity contribution in [1.29, 1.82) is 0 Å². The lowest BCUT2D eigenvalue weighted by Gasteiger charge is -2.29. The van der Waals surface area contributed by atoms with E-state index in [0.717, 1.165) is 37.3 Å². The Kier molecular flexibility index (Phi) is 3.92. The summed E-state index contributed by atoms with van der Waals surface area (Å²) in [7, 11) is 0. The molecule has 0 radical (unpaired) electrons. The lowest BCUT2D eigenvalue weighted by molar-refractivity contribution is -0.116. The number of aromatic nitrogens is 2. The molecule has 5 N–H and O–H groups in total. The number of nitrogens with two attached hydrogens (primary N) is 2. The maximum atomic E-state index is 11.4.